The van der Waals surface area contributed by atoms with Gasteiger partial charge in [-0.25, -0.2) is 4.99 Å². The molecule has 0 saturated carbocycles. The third kappa shape index (κ3) is 4.96. The second kappa shape index (κ2) is 8.53. The molecule has 1 amide bonds. The van der Waals surface area contributed by atoms with Crippen molar-refractivity contribution >= 4 is 11.9 Å². The van der Waals surface area contributed by atoms with Crippen molar-refractivity contribution in [3.8, 4) is 0 Å². The third-order valence-corrected chi connectivity index (χ3v) is 4.27. The minimum atomic E-state index is -0.0946. The van der Waals surface area contributed by atoms with Crippen LogP contribution in [0.15, 0.2) is 29.3 Å². The van der Waals surface area contributed by atoms with Crippen LogP contribution in [0.4, 0.5) is 0 Å². The first-order valence-corrected chi connectivity index (χ1v) is 8.23. The number of nitrogens with zero attached hydrogens (tertiary/aromatic N) is 2. The van der Waals surface area contributed by atoms with Gasteiger partial charge >= 0.3 is 0 Å². The van der Waals surface area contributed by atoms with Crippen LogP contribution in [-0.2, 0) is 6.54 Å². The molecule has 4 N–H and O–H groups in total. The van der Waals surface area contributed by atoms with Crippen molar-refractivity contribution in [2.75, 3.05) is 26.7 Å². The molecular formula is C17H27N5O. The Hall–Kier alpha value is -2.08. The van der Waals surface area contributed by atoms with Crippen molar-refractivity contribution in [3.05, 3.63) is 35.4 Å². The molecule has 1 aromatic rings. The van der Waals surface area contributed by atoms with Crippen LogP contribution in [0.5, 0.6) is 0 Å². The predicted octanol–water partition coefficient (Wildman–Crippen LogP) is 0.935. The highest BCUT2D eigenvalue weighted by Gasteiger charge is 2.22. The topological polar surface area (TPSA) is 82.8 Å². The second-order valence-electron chi connectivity index (χ2n) is 5.79. The Morgan fingerprint density at radius 1 is 1.48 bits per heavy atom. The zero-order valence-electron chi connectivity index (χ0n) is 14.0. The highest BCUT2D eigenvalue weighted by molar-refractivity contribution is 5.94. The van der Waals surface area contributed by atoms with E-state index in [0.29, 0.717) is 24.1 Å². The number of benzene rings is 1. The molecule has 1 heterocycles. The maximum Gasteiger partial charge on any atom is 0.251 e. The van der Waals surface area contributed by atoms with Crippen molar-refractivity contribution in [2.45, 2.75) is 32.4 Å². The van der Waals surface area contributed by atoms with Crippen LogP contribution in [0.25, 0.3) is 0 Å². The van der Waals surface area contributed by atoms with E-state index in [1.165, 1.54) is 19.4 Å². The smallest absolute Gasteiger partial charge is 0.251 e. The molecule has 1 aromatic carbocycles. The molecule has 0 bridgehead atoms. The van der Waals surface area contributed by atoms with E-state index in [2.05, 4.69) is 27.4 Å². The number of amides is 1. The van der Waals surface area contributed by atoms with Gasteiger partial charge in [0, 0.05) is 25.2 Å². The van der Waals surface area contributed by atoms with Crippen LogP contribution in [0.3, 0.4) is 0 Å². The molecule has 1 saturated heterocycles. The Labute approximate surface area is 138 Å². The first-order chi connectivity index (χ1) is 11.1. The molecule has 2 rings (SSSR count). The lowest BCUT2D eigenvalue weighted by atomic mass is 10.1. The van der Waals surface area contributed by atoms with Gasteiger partial charge in [-0.2, -0.15) is 0 Å². The molecule has 23 heavy (non-hydrogen) atoms. The fraction of sp³-hybridized carbons (Fsp3) is 0.529. The first-order valence-electron chi connectivity index (χ1n) is 8.23. The van der Waals surface area contributed by atoms with Crippen LogP contribution < -0.4 is 16.4 Å². The molecule has 1 atom stereocenters. The number of carbonyl (C=O) groups excluding carboxylic acids is 1. The summed E-state index contributed by atoms with van der Waals surface area (Å²) in [5, 5.41) is 5.83. The fourth-order valence-corrected chi connectivity index (χ4v) is 2.95. The zero-order chi connectivity index (χ0) is 16.7. The van der Waals surface area contributed by atoms with Crippen LogP contribution >= 0.6 is 0 Å². The maximum atomic E-state index is 11.6. The van der Waals surface area contributed by atoms with E-state index in [9.17, 15) is 4.79 Å². The number of nitrogens with one attached hydrogen (secondary N) is 2. The highest BCUT2D eigenvalue weighted by Crippen LogP contribution is 2.15. The zero-order valence-corrected chi connectivity index (χ0v) is 14.0. The number of carbonyl (C=O) groups is 1. The average Bonchev–Trinajstić information content (AvgIpc) is 3.05. The minimum absolute atomic E-state index is 0.0946. The summed E-state index contributed by atoms with van der Waals surface area (Å²) in [4.78, 5) is 18.5. The normalized spacial score (nSPS) is 18.9. The number of nitrogens with two attached hydrogens (primary N) is 1. The Kier molecular flexibility index (Phi) is 6.40. The molecule has 6 heteroatoms. The summed E-state index contributed by atoms with van der Waals surface area (Å²) in [6, 6.07) is 7.97. The van der Waals surface area contributed by atoms with E-state index in [4.69, 9.17) is 5.73 Å². The Morgan fingerprint density at radius 3 is 3.04 bits per heavy atom. The first kappa shape index (κ1) is 17.3. The van der Waals surface area contributed by atoms with Gasteiger partial charge in [0.1, 0.15) is 0 Å². The van der Waals surface area contributed by atoms with Crippen molar-refractivity contribution < 1.29 is 4.79 Å². The SMILES string of the molecule is CCN1CCCC1CNC(N)=NCc1cccc(C(=O)NC)c1. The lowest BCUT2D eigenvalue weighted by Crippen LogP contribution is -2.42. The van der Waals surface area contributed by atoms with E-state index in [1.54, 1.807) is 13.1 Å². The summed E-state index contributed by atoms with van der Waals surface area (Å²) < 4.78 is 0. The Morgan fingerprint density at radius 2 is 2.30 bits per heavy atom. The molecule has 1 aliphatic rings. The van der Waals surface area contributed by atoms with Gasteiger partial charge in [-0.1, -0.05) is 19.1 Å². The van der Waals surface area contributed by atoms with E-state index in [0.717, 1.165) is 18.7 Å². The van der Waals surface area contributed by atoms with Gasteiger partial charge in [0.05, 0.1) is 6.54 Å². The number of likely N-dealkylation sites (tertiary alicyclic amines) is 1. The predicted molar refractivity (Wildman–Crippen MR) is 93.4 cm³/mol. The molecule has 126 valence electrons. The van der Waals surface area contributed by atoms with Gasteiger partial charge in [0.2, 0.25) is 0 Å². The maximum absolute atomic E-state index is 11.6. The van der Waals surface area contributed by atoms with Crippen molar-refractivity contribution in [2.24, 2.45) is 10.7 Å². The lowest BCUT2D eigenvalue weighted by molar-refractivity contribution is 0.0963. The van der Waals surface area contributed by atoms with Gasteiger partial charge in [0.15, 0.2) is 5.96 Å². The summed E-state index contributed by atoms with van der Waals surface area (Å²) in [5.41, 5.74) is 7.55. The van der Waals surface area contributed by atoms with Gasteiger partial charge in [-0.3, -0.25) is 9.69 Å². The van der Waals surface area contributed by atoms with Gasteiger partial charge in [-0.05, 0) is 43.6 Å². The van der Waals surface area contributed by atoms with Crippen molar-refractivity contribution in [3.63, 3.8) is 0 Å². The number of likely N-dealkylation sites (N-methyl/N-ethyl adjacent to an activating group) is 1. The number of hydrogen-bond acceptors (Lipinski definition) is 3. The molecular weight excluding hydrogens is 290 g/mol. The second-order valence-corrected chi connectivity index (χ2v) is 5.79. The molecule has 1 unspecified atom stereocenters. The van der Waals surface area contributed by atoms with E-state index >= 15 is 0 Å². The molecule has 0 radical (unpaired) electrons. The van der Waals surface area contributed by atoms with E-state index < -0.39 is 0 Å². The molecule has 1 fully saturated rings. The summed E-state index contributed by atoms with van der Waals surface area (Å²) in [7, 11) is 1.62. The van der Waals surface area contributed by atoms with Crippen LogP contribution in [0.1, 0.15) is 35.7 Å². The standard InChI is InChI=1S/C17H27N5O/c1-3-22-9-5-8-15(22)12-21-17(18)20-11-13-6-4-7-14(10-13)16(23)19-2/h4,6-7,10,15H,3,5,8-9,11-12H2,1-2H3,(H,19,23)(H3,18,20,21). The van der Waals surface area contributed by atoms with Crippen molar-refractivity contribution in [1.82, 2.24) is 15.5 Å². The number of rotatable bonds is 6. The molecule has 0 aromatic heterocycles. The Bertz CT molecular complexity index is 558. The Balaban J connectivity index is 1.86. The molecule has 0 spiro atoms. The minimum Gasteiger partial charge on any atom is -0.370 e. The average molecular weight is 317 g/mol. The summed E-state index contributed by atoms with van der Waals surface area (Å²) in [5.74, 6) is 0.362. The van der Waals surface area contributed by atoms with Gasteiger partial charge in [0.25, 0.3) is 5.91 Å². The summed E-state index contributed by atoms with van der Waals surface area (Å²) in [6.07, 6.45) is 2.46. The molecule has 6 nitrogen and oxygen atoms in total. The summed E-state index contributed by atoms with van der Waals surface area (Å²) in [6.45, 7) is 5.74. The van der Waals surface area contributed by atoms with Crippen LogP contribution in [0.2, 0.25) is 0 Å². The molecule has 1 aliphatic heterocycles. The third-order valence-electron chi connectivity index (χ3n) is 4.27. The summed E-state index contributed by atoms with van der Waals surface area (Å²) >= 11 is 0. The van der Waals surface area contributed by atoms with Crippen molar-refractivity contribution in [1.29, 1.82) is 0 Å². The highest BCUT2D eigenvalue weighted by atomic mass is 16.1. The van der Waals surface area contributed by atoms with E-state index in [-0.39, 0.29) is 5.91 Å². The fourth-order valence-electron chi connectivity index (χ4n) is 2.95. The van der Waals surface area contributed by atoms with Crippen LogP contribution in [0, 0.1) is 0 Å². The van der Waals surface area contributed by atoms with Gasteiger partial charge in [-0.15, -0.1) is 0 Å². The monoisotopic (exact) mass is 317 g/mol. The number of hydrogen-bond donors (Lipinski definition) is 3. The van der Waals surface area contributed by atoms with E-state index in [1.807, 2.05) is 18.2 Å². The molecule has 0 aliphatic carbocycles. The number of aliphatic imine (C=N–C) groups is 1. The number of guanidine groups is 1. The largest absolute Gasteiger partial charge is 0.370 e. The van der Waals surface area contributed by atoms with Crippen LogP contribution in [-0.4, -0.2) is 49.5 Å². The lowest BCUT2D eigenvalue weighted by Gasteiger charge is -2.23. The quantitative estimate of drug-likeness (QED) is 0.538. The van der Waals surface area contributed by atoms with Gasteiger partial charge < -0.3 is 16.4 Å².